The molecular weight excluding hydrogens is 296 g/mol. The summed E-state index contributed by atoms with van der Waals surface area (Å²) in [6, 6.07) is 6.19. The molecule has 2 aliphatic rings. The molecule has 122 valence electrons. The molecule has 0 unspecified atom stereocenters. The first kappa shape index (κ1) is 15.8. The van der Waals surface area contributed by atoms with Gasteiger partial charge in [0.2, 0.25) is 0 Å². The summed E-state index contributed by atoms with van der Waals surface area (Å²) >= 11 is 0. The van der Waals surface area contributed by atoms with Crippen molar-refractivity contribution in [1.82, 2.24) is 4.90 Å². The molecule has 1 saturated heterocycles. The van der Waals surface area contributed by atoms with Gasteiger partial charge in [-0.25, -0.2) is 10.0 Å². The first-order chi connectivity index (χ1) is 10.3. The second kappa shape index (κ2) is 5.55. The summed E-state index contributed by atoms with van der Waals surface area (Å²) in [5.74, 6) is 1.20. The summed E-state index contributed by atoms with van der Waals surface area (Å²) in [6.07, 6.45) is 4.62. The maximum Gasteiger partial charge on any atom is 0.182 e. The van der Waals surface area contributed by atoms with E-state index >= 15 is 0 Å². The van der Waals surface area contributed by atoms with Crippen molar-refractivity contribution < 1.29 is 9.53 Å². The monoisotopic (exact) mass is 322 g/mol. The first-order valence-electron chi connectivity index (χ1n) is 7.79. The molecule has 1 aromatic rings. The number of ether oxygens (including phenoxy) is 1. The van der Waals surface area contributed by atoms with Gasteiger partial charge >= 0.3 is 0 Å². The third-order valence-corrected chi connectivity index (χ3v) is 7.23. The lowest BCUT2D eigenvalue weighted by molar-refractivity contribution is -0.00429. The number of hydrogen-bond acceptors (Lipinski definition) is 4. The van der Waals surface area contributed by atoms with Crippen LogP contribution < -0.4 is 5.32 Å². The molecule has 0 aromatic heterocycles. The largest absolute Gasteiger partial charge is 0.379 e. The molecule has 0 aliphatic carbocycles. The van der Waals surface area contributed by atoms with Gasteiger partial charge in [0.15, 0.2) is 5.78 Å². The number of benzene rings is 1. The molecule has 2 heterocycles. The number of carbonyl (C=O) groups is 1. The molecule has 5 heteroatoms. The summed E-state index contributed by atoms with van der Waals surface area (Å²) in [5, 5.41) is 3.47. The predicted octanol–water partition coefficient (Wildman–Crippen LogP) is 2.79. The van der Waals surface area contributed by atoms with Gasteiger partial charge in [-0.1, -0.05) is 6.07 Å². The van der Waals surface area contributed by atoms with E-state index in [9.17, 15) is 4.79 Å². The number of nitrogens with one attached hydrogen (secondary N) is 1. The molecule has 4 nitrogen and oxygen atoms in total. The zero-order valence-corrected chi connectivity index (χ0v) is 14.8. The fourth-order valence-electron chi connectivity index (χ4n) is 3.25. The molecule has 0 atom stereocenters. The Kier molecular flexibility index (Phi) is 4.00. The highest BCUT2D eigenvalue weighted by atomic mass is 32.3. The van der Waals surface area contributed by atoms with Gasteiger partial charge in [-0.05, 0) is 38.5 Å². The number of hydrogen-bond donors (Lipinski definition) is 1. The molecule has 0 saturated carbocycles. The molecule has 1 N–H and O–H groups in total. The van der Waals surface area contributed by atoms with E-state index in [0.29, 0.717) is 13.2 Å². The van der Waals surface area contributed by atoms with E-state index in [1.807, 2.05) is 26.0 Å². The van der Waals surface area contributed by atoms with Gasteiger partial charge in [-0.15, -0.1) is 0 Å². The standard InChI is InChI=1S/C17H26N2O2S/c1-17(2,19-7-9-21-10-8-19)16(20)13-5-6-15-14(11-13)18-12-22(15,3)4/h5-6,11,18H,7-10,12H2,1-4H3. The number of morpholine rings is 1. The number of Topliss-reactive ketones (excluding diaryl/α,β-unsaturated/α-hetero) is 1. The van der Waals surface area contributed by atoms with E-state index in [4.69, 9.17) is 4.74 Å². The van der Waals surface area contributed by atoms with Crippen molar-refractivity contribution in [3.8, 4) is 0 Å². The van der Waals surface area contributed by atoms with E-state index in [1.54, 1.807) is 0 Å². The Balaban J connectivity index is 1.86. The van der Waals surface area contributed by atoms with Crippen molar-refractivity contribution in [2.75, 3.05) is 50.0 Å². The van der Waals surface area contributed by atoms with Gasteiger partial charge in [-0.2, -0.15) is 0 Å². The van der Waals surface area contributed by atoms with E-state index in [2.05, 4.69) is 28.8 Å². The van der Waals surface area contributed by atoms with E-state index in [-0.39, 0.29) is 5.78 Å². The highest BCUT2D eigenvalue weighted by molar-refractivity contribution is 8.33. The first-order valence-corrected chi connectivity index (χ1v) is 10.4. The summed E-state index contributed by atoms with van der Waals surface area (Å²) in [6.45, 7) is 7.10. The Bertz CT molecular complexity index is 592. The van der Waals surface area contributed by atoms with Gasteiger partial charge in [0.05, 0.1) is 18.8 Å². The lowest BCUT2D eigenvalue weighted by atomic mass is 9.90. The minimum Gasteiger partial charge on any atom is -0.379 e. The van der Waals surface area contributed by atoms with Crippen molar-refractivity contribution in [1.29, 1.82) is 0 Å². The van der Waals surface area contributed by atoms with E-state index < -0.39 is 15.6 Å². The van der Waals surface area contributed by atoms with Gasteiger partial charge in [0, 0.05) is 35.1 Å². The molecular formula is C17H26N2O2S. The van der Waals surface area contributed by atoms with Crippen LogP contribution in [0.4, 0.5) is 5.69 Å². The Hall–Kier alpha value is -1.04. The number of ketones is 1. The minimum absolute atomic E-state index is 0.193. The molecule has 0 spiro atoms. The number of carbonyl (C=O) groups excluding carboxylic acids is 1. The quantitative estimate of drug-likeness (QED) is 0.869. The van der Waals surface area contributed by atoms with Gasteiger partial charge in [0.25, 0.3) is 0 Å². The maximum absolute atomic E-state index is 13.0. The molecule has 1 fully saturated rings. The van der Waals surface area contributed by atoms with E-state index in [0.717, 1.165) is 30.2 Å². The van der Waals surface area contributed by atoms with Crippen molar-refractivity contribution in [2.45, 2.75) is 24.3 Å². The zero-order chi connectivity index (χ0) is 16.0. The van der Waals surface area contributed by atoms with Crippen LogP contribution in [0.5, 0.6) is 0 Å². The number of rotatable bonds is 3. The van der Waals surface area contributed by atoms with Crippen LogP contribution in [-0.2, 0) is 4.74 Å². The third-order valence-electron chi connectivity index (χ3n) is 4.82. The summed E-state index contributed by atoms with van der Waals surface area (Å²) < 4.78 is 5.40. The van der Waals surface area contributed by atoms with Crippen molar-refractivity contribution in [3.05, 3.63) is 23.8 Å². The topological polar surface area (TPSA) is 41.6 Å². The highest BCUT2D eigenvalue weighted by Gasteiger charge is 2.36. The van der Waals surface area contributed by atoms with Gasteiger partial charge < -0.3 is 10.1 Å². The summed E-state index contributed by atoms with van der Waals surface area (Å²) in [7, 11) is -0.753. The molecule has 0 radical (unpaired) electrons. The molecule has 3 rings (SSSR count). The Morgan fingerprint density at radius 2 is 1.95 bits per heavy atom. The fraction of sp³-hybridized carbons (Fsp3) is 0.588. The molecule has 0 bridgehead atoms. The van der Waals surface area contributed by atoms with Gasteiger partial charge in [0.1, 0.15) is 0 Å². The Morgan fingerprint density at radius 3 is 2.64 bits per heavy atom. The molecule has 0 amide bonds. The van der Waals surface area contributed by atoms with E-state index in [1.165, 1.54) is 4.90 Å². The summed E-state index contributed by atoms with van der Waals surface area (Å²) in [4.78, 5) is 16.6. The van der Waals surface area contributed by atoms with Crippen molar-refractivity contribution in [2.24, 2.45) is 0 Å². The fourth-order valence-corrected chi connectivity index (χ4v) is 5.08. The smallest absolute Gasteiger partial charge is 0.182 e. The normalized spacial score (nSPS) is 22.7. The van der Waals surface area contributed by atoms with Crippen LogP contribution in [0.1, 0.15) is 24.2 Å². The average Bonchev–Trinajstić information content (AvgIpc) is 2.82. The maximum atomic E-state index is 13.0. The second-order valence-electron chi connectivity index (χ2n) is 7.06. The number of nitrogens with zero attached hydrogens (tertiary/aromatic N) is 1. The molecule has 1 aromatic carbocycles. The van der Waals surface area contributed by atoms with Crippen molar-refractivity contribution in [3.63, 3.8) is 0 Å². The second-order valence-corrected chi connectivity index (χ2v) is 10.9. The third kappa shape index (κ3) is 2.66. The zero-order valence-electron chi connectivity index (χ0n) is 13.9. The summed E-state index contributed by atoms with van der Waals surface area (Å²) in [5.41, 5.74) is 1.46. The van der Waals surface area contributed by atoms with Crippen LogP contribution in [0.25, 0.3) is 0 Å². The predicted molar refractivity (Wildman–Crippen MR) is 93.4 cm³/mol. The lowest BCUT2D eigenvalue weighted by Gasteiger charge is -2.39. The Labute approximate surface area is 134 Å². The number of anilines is 1. The highest BCUT2D eigenvalue weighted by Crippen LogP contribution is 2.56. The van der Waals surface area contributed by atoms with Crippen LogP contribution in [0.2, 0.25) is 0 Å². The average molecular weight is 322 g/mol. The van der Waals surface area contributed by atoms with Crippen LogP contribution in [0.3, 0.4) is 0 Å². The van der Waals surface area contributed by atoms with Crippen LogP contribution in [0, 0.1) is 0 Å². The van der Waals surface area contributed by atoms with Crippen molar-refractivity contribution >= 4 is 21.5 Å². The van der Waals surface area contributed by atoms with Crippen LogP contribution in [0.15, 0.2) is 23.1 Å². The molecule has 2 aliphatic heterocycles. The lowest BCUT2D eigenvalue weighted by Crippen LogP contribution is -2.54. The Morgan fingerprint density at radius 1 is 1.27 bits per heavy atom. The van der Waals surface area contributed by atoms with Crippen LogP contribution in [-0.4, -0.2) is 60.9 Å². The van der Waals surface area contributed by atoms with Crippen LogP contribution >= 0.6 is 10.0 Å². The molecule has 22 heavy (non-hydrogen) atoms. The SMILES string of the molecule is CC(C)(C(=O)c1ccc2c(c1)NCS2(C)C)N1CCOCC1. The minimum atomic E-state index is -0.753. The van der Waals surface area contributed by atoms with Gasteiger partial charge in [-0.3, -0.25) is 9.69 Å². The number of fused-ring (bicyclic) bond motifs is 1.